The summed E-state index contributed by atoms with van der Waals surface area (Å²) < 4.78 is 0. The Morgan fingerprint density at radius 3 is 2.62 bits per heavy atom. The summed E-state index contributed by atoms with van der Waals surface area (Å²) in [5.74, 6) is 0.590. The fourth-order valence-corrected chi connectivity index (χ4v) is 1.46. The highest BCUT2D eigenvalue weighted by atomic mass is 14.5. The van der Waals surface area contributed by atoms with Crippen LogP contribution in [0.1, 0.15) is 25.0 Å². The van der Waals surface area contributed by atoms with Crippen LogP contribution in [0.3, 0.4) is 0 Å². The van der Waals surface area contributed by atoms with E-state index in [1.807, 2.05) is 0 Å². The molecule has 0 aliphatic rings. The highest BCUT2D eigenvalue weighted by Crippen LogP contribution is 2.10. The molecule has 0 amide bonds. The molecule has 0 aliphatic heterocycles. The maximum atomic E-state index is 5.59. The Balaban J connectivity index is 2.66. The average Bonchev–Trinajstić information content (AvgIpc) is 2.18. The van der Waals surface area contributed by atoms with Gasteiger partial charge in [0, 0.05) is 0 Å². The Kier molecular flexibility index (Phi) is 3.97. The van der Waals surface area contributed by atoms with Crippen molar-refractivity contribution in [3.63, 3.8) is 0 Å². The van der Waals surface area contributed by atoms with Gasteiger partial charge < -0.3 is 5.73 Å². The van der Waals surface area contributed by atoms with E-state index in [4.69, 9.17) is 5.73 Å². The normalized spacial score (nSPS) is 12.8. The fraction of sp³-hybridized carbons (Fsp3) is 0.500. The van der Waals surface area contributed by atoms with Gasteiger partial charge in [-0.05, 0) is 36.4 Å². The van der Waals surface area contributed by atoms with E-state index < -0.39 is 0 Å². The standard InChI is InChI=1S/C12H19N/c1-3-11-5-4-6-12(8-11)7-10(2)9-13/h4-6,8,10H,3,7,9,13H2,1-2H3. The molecule has 1 heteroatoms. The molecule has 13 heavy (non-hydrogen) atoms. The van der Waals surface area contributed by atoms with Gasteiger partial charge in [-0.15, -0.1) is 0 Å². The number of rotatable bonds is 4. The van der Waals surface area contributed by atoms with Crippen LogP contribution in [0.2, 0.25) is 0 Å². The quantitative estimate of drug-likeness (QED) is 0.751. The molecule has 2 N–H and O–H groups in total. The highest BCUT2D eigenvalue weighted by molar-refractivity contribution is 5.23. The van der Waals surface area contributed by atoms with Crippen molar-refractivity contribution in [2.24, 2.45) is 11.7 Å². The number of benzene rings is 1. The molecule has 1 unspecified atom stereocenters. The van der Waals surface area contributed by atoms with E-state index >= 15 is 0 Å². The molecule has 0 saturated carbocycles. The summed E-state index contributed by atoms with van der Waals surface area (Å²) in [6.07, 6.45) is 2.22. The lowest BCUT2D eigenvalue weighted by Gasteiger charge is -2.08. The van der Waals surface area contributed by atoms with Gasteiger partial charge in [0.2, 0.25) is 0 Å². The largest absolute Gasteiger partial charge is 0.330 e. The van der Waals surface area contributed by atoms with E-state index in [0.29, 0.717) is 5.92 Å². The third-order valence-electron chi connectivity index (χ3n) is 2.39. The number of nitrogens with two attached hydrogens (primary N) is 1. The molecule has 72 valence electrons. The van der Waals surface area contributed by atoms with Crippen molar-refractivity contribution in [3.05, 3.63) is 35.4 Å². The molecule has 0 radical (unpaired) electrons. The van der Waals surface area contributed by atoms with Crippen LogP contribution in [-0.4, -0.2) is 6.54 Å². The van der Waals surface area contributed by atoms with Gasteiger partial charge in [0.05, 0.1) is 0 Å². The molecule has 1 aromatic rings. The van der Waals surface area contributed by atoms with Crippen molar-refractivity contribution in [1.29, 1.82) is 0 Å². The Labute approximate surface area is 81.0 Å². The van der Waals surface area contributed by atoms with E-state index in [-0.39, 0.29) is 0 Å². The molecule has 0 aromatic heterocycles. The molecule has 0 aliphatic carbocycles. The van der Waals surface area contributed by atoms with Gasteiger partial charge in [0.15, 0.2) is 0 Å². The molecule has 0 spiro atoms. The van der Waals surface area contributed by atoms with Crippen molar-refractivity contribution in [1.82, 2.24) is 0 Å². The van der Waals surface area contributed by atoms with Crippen LogP contribution in [0.25, 0.3) is 0 Å². The monoisotopic (exact) mass is 177 g/mol. The predicted molar refractivity (Wildman–Crippen MR) is 57.7 cm³/mol. The lowest BCUT2D eigenvalue weighted by Crippen LogP contribution is -2.13. The van der Waals surface area contributed by atoms with E-state index in [0.717, 1.165) is 19.4 Å². The topological polar surface area (TPSA) is 26.0 Å². The van der Waals surface area contributed by atoms with Crippen LogP contribution < -0.4 is 5.73 Å². The van der Waals surface area contributed by atoms with E-state index in [2.05, 4.69) is 38.1 Å². The third kappa shape index (κ3) is 3.19. The van der Waals surface area contributed by atoms with Gasteiger partial charge in [-0.1, -0.05) is 38.1 Å². The summed E-state index contributed by atoms with van der Waals surface area (Å²) in [7, 11) is 0. The minimum atomic E-state index is 0.590. The van der Waals surface area contributed by atoms with Crippen molar-refractivity contribution in [2.75, 3.05) is 6.54 Å². The van der Waals surface area contributed by atoms with Crippen LogP contribution in [-0.2, 0) is 12.8 Å². The van der Waals surface area contributed by atoms with Crippen molar-refractivity contribution < 1.29 is 0 Å². The molecule has 1 atom stereocenters. The zero-order valence-corrected chi connectivity index (χ0v) is 8.59. The first kappa shape index (κ1) is 10.3. The summed E-state index contributed by atoms with van der Waals surface area (Å²) in [5, 5.41) is 0. The van der Waals surface area contributed by atoms with E-state index in [1.54, 1.807) is 0 Å². The summed E-state index contributed by atoms with van der Waals surface area (Å²) in [5.41, 5.74) is 8.42. The molecule has 0 heterocycles. The zero-order chi connectivity index (χ0) is 9.68. The SMILES string of the molecule is CCc1cccc(CC(C)CN)c1. The van der Waals surface area contributed by atoms with Crippen molar-refractivity contribution >= 4 is 0 Å². The zero-order valence-electron chi connectivity index (χ0n) is 8.59. The van der Waals surface area contributed by atoms with Crippen molar-refractivity contribution in [3.8, 4) is 0 Å². The molecule has 0 fully saturated rings. The van der Waals surface area contributed by atoms with Gasteiger partial charge in [0.25, 0.3) is 0 Å². The summed E-state index contributed by atoms with van der Waals surface area (Å²) in [4.78, 5) is 0. The molecule has 0 saturated heterocycles. The molecule has 1 nitrogen and oxygen atoms in total. The van der Waals surface area contributed by atoms with Crippen LogP contribution in [0.15, 0.2) is 24.3 Å². The van der Waals surface area contributed by atoms with Gasteiger partial charge in [-0.3, -0.25) is 0 Å². The third-order valence-corrected chi connectivity index (χ3v) is 2.39. The van der Waals surface area contributed by atoms with Crippen molar-refractivity contribution in [2.45, 2.75) is 26.7 Å². The van der Waals surface area contributed by atoms with Gasteiger partial charge in [-0.25, -0.2) is 0 Å². The summed E-state index contributed by atoms with van der Waals surface area (Å²) in [6, 6.07) is 8.78. The Morgan fingerprint density at radius 2 is 2.00 bits per heavy atom. The number of hydrogen-bond acceptors (Lipinski definition) is 1. The smallest absolute Gasteiger partial charge is 0.00483 e. The Morgan fingerprint density at radius 1 is 1.31 bits per heavy atom. The first-order chi connectivity index (χ1) is 6.26. The molecule has 1 aromatic carbocycles. The minimum absolute atomic E-state index is 0.590. The van der Waals surface area contributed by atoms with E-state index in [1.165, 1.54) is 11.1 Å². The first-order valence-electron chi connectivity index (χ1n) is 5.04. The second kappa shape index (κ2) is 5.03. The first-order valence-corrected chi connectivity index (χ1v) is 5.04. The molecular weight excluding hydrogens is 158 g/mol. The van der Waals surface area contributed by atoms with Crippen LogP contribution >= 0.6 is 0 Å². The van der Waals surface area contributed by atoms with Crippen LogP contribution in [0, 0.1) is 5.92 Å². The van der Waals surface area contributed by atoms with Crippen LogP contribution in [0.5, 0.6) is 0 Å². The molecule has 0 bridgehead atoms. The second-order valence-electron chi connectivity index (χ2n) is 3.72. The van der Waals surface area contributed by atoms with Gasteiger partial charge in [-0.2, -0.15) is 0 Å². The Hall–Kier alpha value is -0.820. The summed E-state index contributed by atoms with van der Waals surface area (Å²) >= 11 is 0. The second-order valence-corrected chi connectivity index (χ2v) is 3.72. The average molecular weight is 177 g/mol. The molecule has 1 rings (SSSR count). The lowest BCUT2D eigenvalue weighted by molar-refractivity contribution is 0.593. The Bertz CT molecular complexity index is 255. The maximum Gasteiger partial charge on any atom is -0.00483 e. The highest BCUT2D eigenvalue weighted by Gasteiger charge is 2.01. The van der Waals surface area contributed by atoms with Gasteiger partial charge in [0.1, 0.15) is 0 Å². The predicted octanol–water partition coefficient (Wildman–Crippen LogP) is 2.39. The number of hydrogen-bond donors (Lipinski definition) is 1. The fourth-order valence-electron chi connectivity index (χ4n) is 1.46. The van der Waals surface area contributed by atoms with Gasteiger partial charge >= 0.3 is 0 Å². The number of aryl methyl sites for hydroxylation is 1. The minimum Gasteiger partial charge on any atom is -0.330 e. The van der Waals surface area contributed by atoms with Crippen LogP contribution in [0.4, 0.5) is 0 Å². The molecular formula is C12H19N. The lowest BCUT2D eigenvalue weighted by atomic mass is 9.99. The maximum absolute atomic E-state index is 5.59. The summed E-state index contributed by atoms with van der Waals surface area (Å²) in [6.45, 7) is 5.15. The van der Waals surface area contributed by atoms with E-state index in [9.17, 15) is 0 Å².